The maximum Gasteiger partial charge on any atom is 0.219 e. The molecule has 0 saturated heterocycles. The van der Waals surface area contributed by atoms with E-state index in [1.807, 2.05) is 54.6 Å². The number of benzene rings is 2. The summed E-state index contributed by atoms with van der Waals surface area (Å²) in [7, 11) is 0. The highest BCUT2D eigenvalue weighted by atomic mass is 16.5. The lowest BCUT2D eigenvalue weighted by Crippen LogP contribution is -1.95. The molecule has 1 aromatic heterocycles. The molecule has 0 bridgehead atoms. The van der Waals surface area contributed by atoms with Gasteiger partial charge in [-0.3, -0.25) is 0 Å². The zero-order chi connectivity index (χ0) is 15.9. The Morgan fingerprint density at radius 1 is 0.870 bits per heavy atom. The molecule has 0 aliphatic rings. The molecule has 3 rings (SSSR count). The van der Waals surface area contributed by atoms with Crippen molar-refractivity contribution in [2.75, 3.05) is 0 Å². The van der Waals surface area contributed by atoms with E-state index < -0.39 is 0 Å². The van der Waals surface area contributed by atoms with Gasteiger partial charge in [-0.2, -0.15) is 0 Å². The van der Waals surface area contributed by atoms with Crippen molar-refractivity contribution in [1.29, 1.82) is 0 Å². The highest BCUT2D eigenvalue weighted by molar-refractivity contribution is 5.36. The van der Waals surface area contributed by atoms with Crippen LogP contribution in [0.15, 0.2) is 72.9 Å². The molecule has 0 spiro atoms. The number of rotatable bonds is 5. The lowest BCUT2D eigenvalue weighted by atomic mass is 10.2. The van der Waals surface area contributed by atoms with E-state index in [1.54, 1.807) is 18.3 Å². The third-order valence-corrected chi connectivity index (χ3v) is 3.20. The zero-order valence-corrected chi connectivity index (χ0v) is 12.5. The minimum absolute atomic E-state index is 0.502. The molecule has 0 N–H and O–H groups in total. The third kappa shape index (κ3) is 4.12. The summed E-state index contributed by atoms with van der Waals surface area (Å²) in [4.78, 5) is 4.15. The summed E-state index contributed by atoms with van der Waals surface area (Å²) < 4.78 is 11.4. The number of hydrogen-bond acceptors (Lipinski definition) is 3. The van der Waals surface area contributed by atoms with Gasteiger partial charge in [-0.05, 0) is 35.9 Å². The molecule has 2 aromatic carbocycles. The van der Waals surface area contributed by atoms with Crippen LogP contribution in [-0.4, -0.2) is 4.98 Å². The molecule has 0 aliphatic heterocycles. The highest BCUT2D eigenvalue weighted by Gasteiger charge is 2.00. The Bertz CT molecular complexity index is 788. The molecule has 0 unspecified atom stereocenters. The Hall–Kier alpha value is -3.25. The van der Waals surface area contributed by atoms with Crippen LogP contribution < -0.4 is 9.47 Å². The number of hydrogen-bond donors (Lipinski definition) is 0. The van der Waals surface area contributed by atoms with Crippen molar-refractivity contribution in [2.24, 2.45) is 0 Å². The van der Waals surface area contributed by atoms with Crippen LogP contribution in [0, 0.1) is 12.3 Å². The average Bonchev–Trinajstić information content (AvgIpc) is 2.63. The van der Waals surface area contributed by atoms with Crippen LogP contribution in [0.1, 0.15) is 11.1 Å². The lowest BCUT2D eigenvalue weighted by Gasteiger charge is -2.08. The molecule has 3 aromatic rings. The zero-order valence-electron chi connectivity index (χ0n) is 12.5. The SMILES string of the molecule is C#Cc1ccc(Oc2ccc(OCc3ccccc3)cc2)nc1. The van der Waals surface area contributed by atoms with Crippen LogP contribution in [0.4, 0.5) is 0 Å². The molecule has 0 fully saturated rings. The number of pyridine rings is 1. The molecule has 1 heterocycles. The number of terminal acetylenes is 1. The third-order valence-electron chi connectivity index (χ3n) is 3.20. The van der Waals surface area contributed by atoms with Crippen molar-refractivity contribution in [3.05, 3.63) is 84.1 Å². The van der Waals surface area contributed by atoms with Crippen molar-refractivity contribution < 1.29 is 9.47 Å². The molecule has 0 aliphatic carbocycles. The molecule has 23 heavy (non-hydrogen) atoms. The maximum absolute atomic E-state index is 5.73. The first-order chi connectivity index (χ1) is 11.3. The van der Waals surface area contributed by atoms with Crippen LogP contribution >= 0.6 is 0 Å². The van der Waals surface area contributed by atoms with Crippen molar-refractivity contribution in [3.8, 4) is 29.7 Å². The summed E-state index contributed by atoms with van der Waals surface area (Å²) in [6.45, 7) is 0.538. The maximum atomic E-state index is 5.73. The monoisotopic (exact) mass is 301 g/mol. The molecule has 0 saturated carbocycles. The van der Waals surface area contributed by atoms with E-state index in [2.05, 4.69) is 10.9 Å². The minimum atomic E-state index is 0.502. The highest BCUT2D eigenvalue weighted by Crippen LogP contribution is 2.23. The van der Waals surface area contributed by atoms with Gasteiger partial charge in [-0.15, -0.1) is 6.42 Å². The molecule has 0 atom stereocenters. The van der Waals surface area contributed by atoms with E-state index in [-0.39, 0.29) is 0 Å². The van der Waals surface area contributed by atoms with E-state index in [0.29, 0.717) is 18.2 Å². The predicted molar refractivity (Wildman–Crippen MR) is 89.5 cm³/mol. The van der Waals surface area contributed by atoms with E-state index in [1.165, 1.54) is 0 Å². The van der Waals surface area contributed by atoms with Gasteiger partial charge in [0, 0.05) is 17.8 Å². The fourth-order valence-corrected chi connectivity index (χ4v) is 1.99. The Morgan fingerprint density at radius 3 is 2.26 bits per heavy atom. The number of nitrogens with zero attached hydrogens (tertiary/aromatic N) is 1. The fourth-order valence-electron chi connectivity index (χ4n) is 1.99. The molecule has 0 amide bonds. The average molecular weight is 301 g/mol. The molecule has 3 nitrogen and oxygen atoms in total. The molecule has 3 heteroatoms. The van der Waals surface area contributed by atoms with Gasteiger partial charge in [0.1, 0.15) is 18.1 Å². The van der Waals surface area contributed by atoms with Gasteiger partial charge < -0.3 is 9.47 Å². The van der Waals surface area contributed by atoms with E-state index in [9.17, 15) is 0 Å². The lowest BCUT2D eigenvalue weighted by molar-refractivity contribution is 0.305. The molecule has 0 radical (unpaired) electrons. The molecule has 112 valence electrons. The van der Waals surface area contributed by atoms with Crippen molar-refractivity contribution in [2.45, 2.75) is 6.61 Å². The number of aromatic nitrogens is 1. The summed E-state index contributed by atoms with van der Waals surface area (Å²) in [5.74, 6) is 4.50. The molecular weight excluding hydrogens is 286 g/mol. The largest absolute Gasteiger partial charge is 0.489 e. The summed E-state index contributed by atoms with van der Waals surface area (Å²) in [5, 5.41) is 0. The van der Waals surface area contributed by atoms with Gasteiger partial charge in [0.25, 0.3) is 0 Å². The van der Waals surface area contributed by atoms with Crippen molar-refractivity contribution in [1.82, 2.24) is 4.98 Å². The van der Waals surface area contributed by atoms with Gasteiger partial charge in [0.2, 0.25) is 5.88 Å². The summed E-state index contributed by atoms with van der Waals surface area (Å²) >= 11 is 0. The Balaban J connectivity index is 1.59. The molecular formula is C20H15NO2. The van der Waals surface area contributed by atoms with Crippen LogP contribution in [0.2, 0.25) is 0 Å². The summed E-state index contributed by atoms with van der Waals surface area (Å²) in [6.07, 6.45) is 6.90. The van der Waals surface area contributed by atoms with Crippen molar-refractivity contribution in [3.63, 3.8) is 0 Å². The van der Waals surface area contributed by atoms with Gasteiger partial charge >= 0.3 is 0 Å². The standard InChI is InChI=1S/C20H15NO2/c1-2-16-8-13-20(21-14-16)23-19-11-9-18(10-12-19)22-15-17-6-4-3-5-7-17/h1,3-14H,15H2. The Morgan fingerprint density at radius 2 is 1.61 bits per heavy atom. The number of ether oxygens (including phenoxy) is 2. The summed E-state index contributed by atoms with van der Waals surface area (Å²) in [5.41, 5.74) is 1.85. The normalized spacial score (nSPS) is 9.87. The first-order valence-electron chi connectivity index (χ1n) is 7.21. The van der Waals surface area contributed by atoms with Crippen LogP contribution in [0.25, 0.3) is 0 Å². The van der Waals surface area contributed by atoms with Gasteiger partial charge in [-0.25, -0.2) is 4.98 Å². The second kappa shape index (κ2) is 7.15. The first-order valence-corrected chi connectivity index (χ1v) is 7.21. The Labute approximate surface area is 135 Å². The van der Waals surface area contributed by atoms with E-state index >= 15 is 0 Å². The fraction of sp³-hybridized carbons (Fsp3) is 0.0500. The van der Waals surface area contributed by atoms with Gasteiger partial charge in [0.15, 0.2) is 0 Å². The van der Waals surface area contributed by atoms with E-state index in [4.69, 9.17) is 15.9 Å². The second-order valence-corrected chi connectivity index (χ2v) is 4.88. The van der Waals surface area contributed by atoms with E-state index in [0.717, 1.165) is 16.9 Å². The van der Waals surface area contributed by atoms with Gasteiger partial charge in [0.05, 0.1) is 0 Å². The van der Waals surface area contributed by atoms with Crippen LogP contribution in [-0.2, 0) is 6.61 Å². The van der Waals surface area contributed by atoms with Crippen LogP contribution in [0.3, 0.4) is 0 Å². The smallest absolute Gasteiger partial charge is 0.219 e. The van der Waals surface area contributed by atoms with Gasteiger partial charge in [-0.1, -0.05) is 36.3 Å². The van der Waals surface area contributed by atoms with Crippen LogP contribution in [0.5, 0.6) is 17.4 Å². The Kier molecular flexibility index (Phi) is 4.56. The predicted octanol–water partition coefficient (Wildman–Crippen LogP) is 4.43. The minimum Gasteiger partial charge on any atom is -0.489 e. The first kappa shape index (κ1) is 14.7. The topological polar surface area (TPSA) is 31.4 Å². The second-order valence-electron chi connectivity index (χ2n) is 4.88. The van der Waals surface area contributed by atoms with Crippen molar-refractivity contribution >= 4 is 0 Å². The quantitative estimate of drug-likeness (QED) is 0.653. The summed E-state index contributed by atoms with van der Waals surface area (Å²) in [6, 6.07) is 21.0.